The van der Waals surface area contributed by atoms with Gasteiger partial charge in [-0.05, 0) is 66.3 Å². The normalized spacial score (nSPS) is 13.7. The summed E-state index contributed by atoms with van der Waals surface area (Å²) in [4.78, 5) is 21.9. The van der Waals surface area contributed by atoms with Gasteiger partial charge in [0.15, 0.2) is 5.78 Å². The molecule has 144 valence electrons. The van der Waals surface area contributed by atoms with Crippen molar-refractivity contribution in [3.05, 3.63) is 71.5 Å². The number of hydrogen-bond acceptors (Lipinski definition) is 5. The van der Waals surface area contributed by atoms with Crippen molar-refractivity contribution < 1.29 is 4.79 Å². The molecule has 4 aromatic rings. The number of aromatic nitrogens is 4. The quantitative estimate of drug-likeness (QED) is 0.528. The van der Waals surface area contributed by atoms with Gasteiger partial charge in [-0.2, -0.15) is 5.10 Å². The first kappa shape index (κ1) is 17.6. The van der Waals surface area contributed by atoms with Gasteiger partial charge in [0.2, 0.25) is 0 Å². The van der Waals surface area contributed by atoms with Crippen molar-refractivity contribution in [1.82, 2.24) is 19.7 Å². The predicted octanol–water partition coefficient (Wildman–Crippen LogP) is 3.92. The summed E-state index contributed by atoms with van der Waals surface area (Å²) in [6.45, 7) is 0. The second-order valence-electron chi connectivity index (χ2n) is 7.64. The number of Topliss-reactive ketones (excluding diaryl/α,β-unsaturated/α-hetero) is 1. The van der Waals surface area contributed by atoms with E-state index in [0.717, 1.165) is 16.5 Å². The smallest absolute Gasteiger partial charge is 0.185 e. The van der Waals surface area contributed by atoms with E-state index in [9.17, 15) is 4.79 Å². The number of aryl methyl sites for hydroxylation is 1. The lowest BCUT2D eigenvalue weighted by atomic mass is 9.96. The molecule has 5 rings (SSSR count). The first-order valence-corrected chi connectivity index (χ1v) is 9.76. The first-order chi connectivity index (χ1) is 14.1. The number of fused-ring (bicyclic) bond motifs is 1. The summed E-state index contributed by atoms with van der Waals surface area (Å²) >= 11 is 0. The molecule has 1 aliphatic carbocycles. The summed E-state index contributed by atoms with van der Waals surface area (Å²) in [6, 6.07) is 15.1. The Bertz CT molecular complexity index is 1240. The van der Waals surface area contributed by atoms with Crippen LogP contribution in [0.4, 0.5) is 5.82 Å². The largest absolute Gasteiger partial charge is 0.384 e. The molecule has 6 nitrogen and oxygen atoms in total. The van der Waals surface area contributed by atoms with Gasteiger partial charge in [-0.3, -0.25) is 9.48 Å². The molecule has 3 heterocycles. The van der Waals surface area contributed by atoms with E-state index in [1.165, 1.54) is 18.4 Å². The van der Waals surface area contributed by atoms with Crippen molar-refractivity contribution in [2.45, 2.75) is 25.2 Å². The number of ketones is 1. The van der Waals surface area contributed by atoms with E-state index < -0.39 is 0 Å². The molecule has 0 aliphatic heterocycles. The van der Waals surface area contributed by atoms with Crippen molar-refractivity contribution in [3.63, 3.8) is 0 Å². The van der Waals surface area contributed by atoms with Gasteiger partial charge in [0.25, 0.3) is 0 Å². The highest BCUT2D eigenvalue weighted by atomic mass is 16.1. The van der Waals surface area contributed by atoms with Crippen LogP contribution in [0, 0.1) is 0 Å². The van der Waals surface area contributed by atoms with E-state index in [4.69, 9.17) is 5.73 Å². The molecule has 0 unspecified atom stereocenters. The number of nitrogens with two attached hydrogens (primary N) is 1. The molecule has 3 aromatic heterocycles. The fourth-order valence-corrected chi connectivity index (χ4v) is 3.78. The SMILES string of the molecule is Cn1cc2cc(CC(=O)c3cccc(-c4cccc(N)n4)n3)c(C3CC3)cc2n1. The lowest BCUT2D eigenvalue weighted by molar-refractivity contribution is 0.0988. The Balaban J connectivity index is 1.48. The minimum absolute atomic E-state index is 0.000827. The maximum atomic E-state index is 13.1. The molecule has 0 atom stereocenters. The van der Waals surface area contributed by atoms with Gasteiger partial charge in [0, 0.05) is 25.1 Å². The monoisotopic (exact) mass is 383 g/mol. The van der Waals surface area contributed by atoms with Crippen LogP contribution >= 0.6 is 0 Å². The van der Waals surface area contributed by atoms with Crippen LogP contribution in [0.5, 0.6) is 0 Å². The molecule has 1 fully saturated rings. The molecular weight excluding hydrogens is 362 g/mol. The second-order valence-corrected chi connectivity index (χ2v) is 7.64. The topological polar surface area (TPSA) is 86.7 Å². The van der Waals surface area contributed by atoms with Gasteiger partial charge < -0.3 is 5.73 Å². The van der Waals surface area contributed by atoms with Crippen LogP contribution in [0.15, 0.2) is 54.7 Å². The number of pyridine rings is 2. The number of benzene rings is 1. The number of nitrogens with zero attached hydrogens (tertiary/aromatic N) is 4. The van der Waals surface area contributed by atoms with E-state index in [1.54, 1.807) is 12.1 Å². The Kier molecular flexibility index (Phi) is 4.12. The molecule has 0 radical (unpaired) electrons. The van der Waals surface area contributed by atoms with Crippen LogP contribution in [0.3, 0.4) is 0 Å². The van der Waals surface area contributed by atoms with E-state index in [1.807, 2.05) is 42.2 Å². The fraction of sp³-hybridized carbons (Fsp3) is 0.217. The van der Waals surface area contributed by atoms with Crippen LogP contribution in [-0.2, 0) is 13.5 Å². The number of rotatable bonds is 5. The molecule has 0 spiro atoms. The van der Waals surface area contributed by atoms with E-state index in [0.29, 0.717) is 35.2 Å². The summed E-state index contributed by atoms with van der Waals surface area (Å²) in [5.74, 6) is 0.973. The van der Waals surface area contributed by atoms with Gasteiger partial charge >= 0.3 is 0 Å². The van der Waals surface area contributed by atoms with E-state index >= 15 is 0 Å². The highest BCUT2D eigenvalue weighted by molar-refractivity contribution is 5.97. The zero-order valence-corrected chi connectivity index (χ0v) is 16.2. The molecule has 1 aromatic carbocycles. The van der Waals surface area contributed by atoms with Gasteiger partial charge in [-0.1, -0.05) is 12.1 Å². The Morgan fingerprint density at radius 3 is 2.62 bits per heavy atom. The third-order valence-electron chi connectivity index (χ3n) is 5.32. The Morgan fingerprint density at radius 2 is 1.86 bits per heavy atom. The maximum absolute atomic E-state index is 13.1. The van der Waals surface area contributed by atoms with Gasteiger partial charge in [0.05, 0.1) is 16.9 Å². The predicted molar refractivity (Wildman–Crippen MR) is 113 cm³/mol. The lowest BCUT2D eigenvalue weighted by Gasteiger charge is -2.09. The summed E-state index contributed by atoms with van der Waals surface area (Å²) in [6.07, 6.45) is 4.67. The molecule has 2 N–H and O–H groups in total. The molecule has 29 heavy (non-hydrogen) atoms. The zero-order valence-electron chi connectivity index (χ0n) is 16.2. The van der Waals surface area contributed by atoms with Crippen LogP contribution in [0.25, 0.3) is 22.3 Å². The molecule has 1 saturated carbocycles. The van der Waals surface area contributed by atoms with Crippen LogP contribution < -0.4 is 5.73 Å². The Morgan fingerprint density at radius 1 is 1.10 bits per heavy atom. The minimum Gasteiger partial charge on any atom is -0.384 e. The summed E-state index contributed by atoms with van der Waals surface area (Å²) < 4.78 is 1.82. The average molecular weight is 383 g/mol. The third-order valence-corrected chi connectivity index (χ3v) is 5.32. The van der Waals surface area contributed by atoms with Gasteiger partial charge in [0.1, 0.15) is 11.5 Å². The summed E-state index contributed by atoms with van der Waals surface area (Å²) in [5.41, 5.74) is 10.8. The maximum Gasteiger partial charge on any atom is 0.185 e. The summed E-state index contributed by atoms with van der Waals surface area (Å²) in [5, 5.41) is 5.58. The van der Waals surface area contributed by atoms with Gasteiger partial charge in [-0.25, -0.2) is 9.97 Å². The highest BCUT2D eigenvalue weighted by Gasteiger charge is 2.27. The molecular formula is C23H21N5O. The molecule has 1 aliphatic rings. The average Bonchev–Trinajstić information content (AvgIpc) is 3.49. The van der Waals surface area contributed by atoms with Crippen LogP contribution in [0.1, 0.15) is 40.4 Å². The lowest BCUT2D eigenvalue weighted by Crippen LogP contribution is -2.08. The molecule has 0 saturated heterocycles. The van der Waals surface area contributed by atoms with Crippen molar-refractivity contribution in [1.29, 1.82) is 0 Å². The minimum atomic E-state index is 0.000827. The Hall–Kier alpha value is -3.54. The molecule has 0 amide bonds. The van der Waals surface area contributed by atoms with Crippen molar-refractivity contribution >= 4 is 22.5 Å². The molecule has 6 heteroatoms. The molecule has 0 bridgehead atoms. The number of carbonyl (C=O) groups excluding carboxylic acids is 1. The van der Waals surface area contributed by atoms with Gasteiger partial charge in [-0.15, -0.1) is 0 Å². The van der Waals surface area contributed by atoms with Crippen molar-refractivity contribution in [2.75, 3.05) is 5.73 Å². The van der Waals surface area contributed by atoms with Crippen LogP contribution in [-0.4, -0.2) is 25.5 Å². The van der Waals surface area contributed by atoms with E-state index in [2.05, 4.69) is 27.2 Å². The van der Waals surface area contributed by atoms with Crippen molar-refractivity contribution in [2.24, 2.45) is 7.05 Å². The fourth-order valence-electron chi connectivity index (χ4n) is 3.78. The summed E-state index contributed by atoms with van der Waals surface area (Å²) in [7, 11) is 1.92. The zero-order chi connectivity index (χ0) is 20.0. The highest BCUT2D eigenvalue weighted by Crippen LogP contribution is 2.43. The van der Waals surface area contributed by atoms with Crippen molar-refractivity contribution in [3.8, 4) is 11.4 Å². The van der Waals surface area contributed by atoms with E-state index in [-0.39, 0.29) is 5.78 Å². The Labute approximate surface area is 168 Å². The van der Waals surface area contributed by atoms with Crippen LogP contribution in [0.2, 0.25) is 0 Å². The number of carbonyl (C=O) groups is 1. The third kappa shape index (κ3) is 3.49. The number of anilines is 1. The first-order valence-electron chi connectivity index (χ1n) is 9.76. The number of hydrogen-bond donors (Lipinski definition) is 1. The second kappa shape index (κ2) is 6.81. The number of nitrogen functional groups attached to an aromatic ring is 1. The standard InChI is InChI=1S/C23H21N5O/c1-28-13-16-10-15(17(14-8-9-14)12-21(16)27-28)11-22(29)20-6-2-4-18(25-20)19-5-3-7-23(24)26-19/h2-7,10,12-14H,8-9,11H2,1H3,(H2,24,26).